The molecular formula is C23H25ClN4O2S. The third-order valence-corrected chi connectivity index (χ3v) is 6.68. The van der Waals surface area contributed by atoms with Crippen molar-refractivity contribution >= 4 is 50.1 Å². The molecular weight excluding hydrogens is 432 g/mol. The van der Waals surface area contributed by atoms with Gasteiger partial charge in [-0.1, -0.05) is 35.9 Å². The van der Waals surface area contributed by atoms with Crippen LogP contribution in [0.2, 0.25) is 5.02 Å². The van der Waals surface area contributed by atoms with E-state index in [-0.39, 0.29) is 18.4 Å². The van der Waals surface area contributed by atoms with E-state index in [9.17, 15) is 9.59 Å². The van der Waals surface area contributed by atoms with Crippen LogP contribution in [-0.2, 0) is 11.3 Å². The number of carbonyl (C=O) groups excluding carboxylic acids is 2. The van der Waals surface area contributed by atoms with Gasteiger partial charge in [0.1, 0.15) is 0 Å². The number of halogens is 1. The highest BCUT2D eigenvalue weighted by molar-refractivity contribution is 7.22. The van der Waals surface area contributed by atoms with Crippen LogP contribution < -0.4 is 10.6 Å². The molecule has 2 amide bonds. The van der Waals surface area contributed by atoms with Gasteiger partial charge >= 0.3 is 0 Å². The monoisotopic (exact) mass is 456 g/mol. The molecule has 2 heterocycles. The van der Waals surface area contributed by atoms with Gasteiger partial charge in [0.25, 0.3) is 5.91 Å². The first-order chi connectivity index (χ1) is 15.0. The Hall–Kier alpha value is -2.48. The zero-order valence-corrected chi connectivity index (χ0v) is 18.9. The van der Waals surface area contributed by atoms with Crippen molar-refractivity contribution < 1.29 is 9.59 Å². The second-order valence-electron chi connectivity index (χ2n) is 8.02. The van der Waals surface area contributed by atoms with E-state index in [2.05, 4.69) is 39.6 Å². The van der Waals surface area contributed by atoms with Crippen molar-refractivity contribution in [2.24, 2.45) is 5.92 Å². The standard InChI is InChI=1S/C23H25ClN4O2S/c1-15-8-10-28(11-9-15)14-16-2-7-19-20(12-16)31-23(26-19)27-21(29)13-25-22(30)17-3-5-18(24)6-4-17/h2-7,12,15H,8-11,13-14H2,1H3,(H,25,30)(H,26,27,29). The predicted molar refractivity (Wildman–Crippen MR) is 126 cm³/mol. The van der Waals surface area contributed by atoms with Gasteiger partial charge in [-0.15, -0.1) is 0 Å². The normalized spacial score (nSPS) is 15.2. The largest absolute Gasteiger partial charge is 0.343 e. The quantitative estimate of drug-likeness (QED) is 0.570. The highest BCUT2D eigenvalue weighted by Crippen LogP contribution is 2.28. The van der Waals surface area contributed by atoms with E-state index in [0.29, 0.717) is 15.7 Å². The first-order valence-electron chi connectivity index (χ1n) is 10.4. The fourth-order valence-corrected chi connectivity index (χ4v) is 4.70. The molecule has 1 saturated heterocycles. The van der Waals surface area contributed by atoms with Crippen LogP contribution in [-0.4, -0.2) is 41.3 Å². The predicted octanol–water partition coefficient (Wildman–Crippen LogP) is 4.55. The zero-order chi connectivity index (χ0) is 21.8. The zero-order valence-electron chi connectivity index (χ0n) is 17.4. The van der Waals surface area contributed by atoms with E-state index < -0.39 is 0 Å². The Morgan fingerprint density at radius 3 is 2.65 bits per heavy atom. The van der Waals surface area contributed by atoms with Crippen LogP contribution in [0.1, 0.15) is 35.7 Å². The van der Waals surface area contributed by atoms with Crippen molar-refractivity contribution in [3.63, 3.8) is 0 Å². The Morgan fingerprint density at radius 1 is 1.16 bits per heavy atom. The number of benzene rings is 2. The van der Waals surface area contributed by atoms with Gasteiger partial charge in [-0.3, -0.25) is 14.5 Å². The highest BCUT2D eigenvalue weighted by Gasteiger charge is 2.16. The summed E-state index contributed by atoms with van der Waals surface area (Å²) >= 11 is 7.27. The first kappa shape index (κ1) is 21.7. The molecule has 3 aromatic rings. The van der Waals surface area contributed by atoms with Gasteiger partial charge in [-0.05, 0) is 73.8 Å². The molecule has 0 bridgehead atoms. The average Bonchev–Trinajstić information content (AvgIpc) is 3.15. The van der Waals surface area contributed by atoms with Crippen molar-refractivity contribution in [2.75, 3.05) is 25.0 Å². The molecule has 0 saturated carbocycles. The number of hydrogen-bond acceptors (Lipinski definition) is 5. The Labute approximate surface area is 190 Å². The summed E-state index contributed by atoms with van der Waals surface area (Å²) in [5.74, 6) is 0.180. The maximum Gasteiger partial charge on any atom is 0.251 e. The molecule has 1 aliphatic rings. The molecule has 4 rings (SSSR count). The Bertz CT molecular complexity index is 1070. The van der Waals surface area contributed by atoms with Crippen LogP contribution in [0.4, 0.5) is 5.13 Å². The Balaban J connectivity index is 1.32. The minimum absolute atomic E-state index is 0.129. The summed E-state index contributed by atoms with van der Waals surface area (Å²) in [5, 5.41) is 6.47. The number of rotatable bonds is 6. The minimum Gasteiger partial charge on any atom is -0.343 e. The smallest absolute Gasteiger partial charge is 0.251 e. The number of thiazole rings is 1. The number of aromatic nitrogens is 1. The molecule has 0 radical (unpaired) electrons. The Morgan fingerprint density at radius 2 is 1.90 bits per heavy atom. The van der Waals surface area contributed by atoms with E-state index in [4.69, 9.17) is 11.6 Å². The number of amides is 2. The number of anilines is 1. The molecule has 2 N–H and O–H groups in total. The molecule has 2 aromatic carbocycles. The highest BCUT2D eigenvalue weighted by atomic mass is 35.5. The molecule has 0 unspecified atom stereocenters. The van der Waals surface area contributed by atoms with Gasteiger partial charge in [0, 0.05) is 17.1 Å². The lowest BCUT2D eigenvalue weighted by Gasteiger charge is -2.30. The van der Waals surface area contributed by atoms with Crippen molar-refractivity contribution in [3.05, 3.63) is 58.6 Å². The van der Waals surface area contributed by atoms with E-state index in [1.54, 1.807) is 24.3 Å². The number of carbonyl (C=O) groups is 2. The Kier molecular flexibility index (Phi) is 6.85. The topological polar surface area (TPSA) is 74.3 Å². The molecule has 1 aliphatic heterocycles. The molecule has 8 heteroatoms. The van der Waals surface area contributed by atoms with E-state index >= 15 is 0 Å². The van der Waals surface area contributed by atoms with Crippen LogP contribution >= 0.6 is 22.9 Å². The van der Waals surface area contributed by atoms with Gasteiger partial charge in [0.15, 0.2) is 5.13 Å². The maximum absolute atomic E-state index is 12.2. The number of likely N-dealkylation sites (tertiary alicyclic amines) is 1. The van der Waals surface area contributed by atoms with Crippen LogP contribution in [0.3, 0.4) is 0 Å². The molecule has 31 heavy (non-hydrogen) atoms. The molecule has 6 nitrogen and oxygen atoms in total. The lowest BCUT2D eigenvalue weighted by atomic mass is 9.99. The van der Waals surface area contributed by atoms with Gasteiger partial charge in [0.05, 0.1) is 16.8 Å². The van der Waals surface area contributed by atoms with Gasteiger partial charge < -0.3 is 10.6 Å². The molecule has 0 atom stereocenters. The van der Waals surface area contributed by atoms with Gasteiger partial charge in [-0.2, -0.15) is 0 Å². The van der Waals surface area contributed by atoms with Crippen LogP contribution in [0.15, 0.2) is 42.5 Å². The van der Waals surface area contributed by atoms with Crippen LogP contribution in [0, 0.1) is 5.92 Å². The van der Waals surface area contributed by atoms with Crippen LogP contribution in [0.5, 0.6) is 0 Å². The molecule has 162 valence electrons. The van der Waals surface area contributed by atoms with E-state index in [0.717, 1.165) is 35.8 Å². The first-order valence-corrected chi connectivity index (χ1v) is 11.6. The van der Waals surface area contributed by atoms with Crippen molar-refractivity contribution in [3.8, 4) is 0 Å². The summed E-state index contributed by atoms with van der Waals surface area (Å²) in [7, 11) is 0. The molecule has 0 spiro atoms. The number of fused-ring (bicyclic) bond motifs is 1. The average molecular weight is 457 g/mol. The second kappa shape index (κ2) is 9.77. The van der Waals surface area contributed by atoms with Crippen LogP contribution in [0.25, 0.3) is 10.2 Å². The fourth-order valence-electron chi connectivity index (χ4n) is 3.63. The molecule has 0 aliphatic carbocycles. The third kappa shape index (κ3) is 5.81. The summed E-state index contributed by atoms with van der Waals surface area (Å²) in [6.07, 6.45) is 2.51. The summed E-state index contributed by atoms with van der Waals surface area (Å²) in [5.41, 5.74) is 2.58. The van der Waals surface area contributed by atoms with E-state index in [1.165, 1.54) is 29.7 Å². The summed E-state index contributed by atoms with van der Waals surface area (Å²) in [4.78, 5) is 31.4. The molecule has 1 fully saturated rings. The number of nitrogens with zero attached hydrogens (tertiary/aromatic N) is 2. The fraction of sp³-hybridized carbons (Fsp3) is 0.348. The lowest BCUT2D eigenvalue weighted by Crippen LogP contribution is -2.32. The van der Waals surface area contributed by atoms with Crippen molar-refractivity contribution in [1.29, 1.82) is 0 Å². The SMILES string of the molecule is CC1CCN(Cc2ccc3nc(NC(=O)CNC(=O)c4ccc(Cl)cc4)sc3c2)CC1. The van der Waals surface area contributed by atoms with Crippen molar-refractivity contribution in [1.82, 2.24) is 15.2 Å². The number of hydrogen-bond donors (Lipinski definition) is 2. The minimum atomic E-state index is -0.326. The second-order valence-corrected chi connectivity index (χ2v) is 9.48. The lowest BCUT2D eigenvalue weighted by molar-refractivity contribution is -0.115. The number of piperidine rings is 1. The number of nitrogens with one attached hydrogen (secondary N) is 2. The third-order valence-electron chi connectivity index (χ3n) is 5.50. The maximum atomic E-state index is 12.2. The molecule has 1 aromatic heterocycles. The summed E-state index contributed by atoms with van der Waals surface area (Å²) < 4.78 is 1.04. The van der Waals surface area contributed by atoms with E-state index in [1.807, 2.05) is 6.07 Å². The summed E-state index contributed by atoms with van der Waals surface area (Å²) in [6, 6.07) is 12.8. The van der Waals surface area contributed by atoms with Gasteiger partial charge in [0.2, 0.25) is 5.91 Å². The van der Waals surface area contributed by atoms with Gasteiger partial charge in [-0.25, -0.2) is 4.98 Å². The summed E-state index contributed by atoms with van der Waals surface area (Å²) in [6.45, 7) is 5.42. The van der Waals surface area contributed by atoms with Crippen molar-refractivity contribution in [2.45, 2.75) is 26.3 Å².